The maximum atomic E-state index is 12.8. The molecular weight excluding hydrogens is 400 g/mol. The number of nitrogens with zero attached hydrogens (tertiary/aromatic N) is 4. The van der Waals surface area contributed by atoms with Crippen LogP contribution >= 0.6 is 11.6 Å². The highest BCUT2D eigenvalue weighted by atomic mass is 35.5. The summed E-state index contributed by atoms with van der Waals surface area (Å²) >= 11 is 5.97. The Labute approximate surface area is 185 Å². The molecule has 2 aliphatic heterocycles. The molecule has 0 N–H and O–H groups in total. The maximum absolute atomic E-state index is 12.8. The minimum absolute atomic E-state index is 0.00213. The Morgan fingerprint density at radius 2 is 1.43 bits per heavy atom. The first kappa shape index (κ1) is 23.0. The molecule has 3 rings (SSSR count). The van der Waals surface area contributed by atoms with E-state index in [9.17, 15) is 9.59 Å². The van der Waals surface area contributed by atoms with Crippen molar-refractivity contribution < 1.29 is 9.59 Å². The van der Waals surface area contributed by atoms with Gasteiger partial charge in [-0.15, -0.1) is 0 Å². The quantitative estimate of drug-likeness (QED) is 0.690. The van der Waals surface area contributed by atoms with Crippen molar-refractivity contribution in [3.05, 3.63) is 34.9 Å². The summed E-state index contributed by atoms with van der Waals surface area (Å²) in [6, 6.07) is 7.66. The summed E-state index contributed by atoms with van der Waals surface area (Å²) in [5.41, 5.74) is 1.08. The number of rotatable bonds is 6. The molecule has 6 nitrogen and oxygen atoms in total. The van der Waals surface area contributed by atoms with Gasteiger partial charge in [0.2, 0.25) is 11.8 Å². The summed E-state index contributed by atoms with van der Waals surface area (Å²) in [5.74, 6) is 0.379. The standard InChI is InChI=1S/C23H35ClN4O2/c1-19(20-7-9-21(24)10-8-20)25(2)22(29)17-26-13-15-27(16-14-26)18-23(30)28-11-5-3-4-6-12-28/h7-10,19H,3-6,11-18H2,1-2H3. The van der Waals surface area contributed by atoms with Crippen molar-refractivity contribution in [3.63, 3.8) is 0 Å². The SMILES string of the molecule is CC(c1ccc(Cl)cc1)N(C)C(=O)CN1CCN(CC(=O)N2CCCCCC2)CC1. The molecule has 2 heterocycles. The number of hydrogen-bond donors (Lipinski definition) is 0. The van der Waals surface area contributed by atoms with Gasteiger partial charge in [0.15, 0.2) is 0 Å². The van der Waals surface area contributed by atoms with Crippen LogP contribution in [-0.4, -0.2) is 90.8 Å². The number of carbonyl (C=O) groups is 2. The fraction of sp³-hybridized carbons (Fsp3) is 0.652. The molecule has 0 aromatic heterocycles. The fourth-order valence-electron chi connectivity index (χ4n) is 4.20. The molecule has 0 spiro atoms. The van der Waals surface area contributed by atoms with Gasteiger partial charge in [0, 0.05) is 51.3 Å². The van der Waals surface area contributed by atoms with Crippen molar-refractivity contribution in [1.29, 1.82) is 0 Å². The second kappa shape index (κ2) is 11.1. The Morgan fingerprint density at radius 1 is 0.900 bits per heavy atom. The number of hydrogen-bond acceptors (Lipinski definition) is 4. The Morgan fingerprint density at radius 3 is 2.00 bits per heavy atom. The largest absolute Gasteiger partial charge is 0.342 e. The van der Waals surface area contributed by atoms with E-state index in [1.54, 1.807) is 4.90 Å². The molecule has 0 radical (unpaired) electrons. The van der Waals surface area contributed by atoms with E-state index < -0.39 is 0 Å². The van der Waals surface area contributed by atoms with E-state index in [4.69, 9.17) is 11.6 Å². The zero-order valence-corrected chi connectivity index (χ0v) is 19.1. The predicted molar refractivity (Wildman–Crippen MR) is 121 cm³/mol. The molecule has 1 aromatic rings. The molecule has 30 heavy (non-hydrogen) atoms. The Kier molecular flexibility index (Phi) is 8.54. The van der Waals surface area contributed by atoms with Gasteiger partial charge in [-0.2, -0.15) is 0 Å². The Hall–Kier alpha value is -1.63. The van der Waals surface area contributed by atoms with Gasteiger partial charge in [-0.05, 0) is 37.5 Å². The third-order valence-electron chi connectivity index (χ3n) is 6.47. The van der Waals surface area contributed by atoms with Crippen LogP contribution in [0.5, 0.6) is 0 Å². The lowest BCUT2D eigenvalue weighted by Gasteiger charge is -2.36. The average Bonchev–Trinajstić information content (AvgIpc) is 3.04. The third kappa shape index (κ3) is 6.43. The minimum atomic E-state index is 0.00213. The van der Waals surface area contributed by atoms with E-state index in [2.05, 4.69) is 9.80 Å². The number of amides is 2. The molecule has 1 aromatic carbocycles. The molecule has 2 saturated heterocycles. The smallest absolute Gasteiger partial charge is 0.236 e. The van der Waals surface area contributed by atoms with E-state index in [0.29, 0.717) is 18.1 Å². The molecule has 2 amide bonds. The van der Waals surface area contributed by atoms with Crippen LogP contribution in [0.3, 0.4) is 0 Å². The lowest BCUT2D eigenvalue weighted by molar-refractivity contribution is -0.135. The van der Waals surface area contributed by atoms with Gasteiger partial charge in [0.05, 0.1) is 19.1 Å². The highest BCUT2D eigenvalue weighted by Gasteiger charge is 2.25. The van der Waals surface area contributed by atoms with Crippen LogP contribution in [0.1, 0.15) is 44.2 Å². The average molecular weight is 435 g/mol. The predicted octanol–water partition coefficient (Wildman–Crippen LogP) is 2.88. The number of likely N-dealkylation sites (N-methyl/N-ethyl adjacent to an activating group) is 1. The van der Waals surface area contributed by atoms with Crippen molar-refractivity contribution in [1.82, 2.24) is 19.6 Å². The van der Waals surface area contributed by atoms with Crippen molar-refractivity contribution in [2.45, 2.75) is 38.6 Å². The lowest BCUT2D eigenvalue weighted by atomic mass is 10.1. The lowest BCUT2D eigenvalue weighted by Crippen LogP contribution is -2.52. The van der Waals surface area contributed by atoms with Crippen LogP contribution in [-0.2, 0) is 9.59 Å². The van der Waals surface area contributed by atoms with Gasteiger partial charge >= 0.3 is 0 Å². The van der Waals surface area contributed by atoms with Gasteiger partial charge < -0.3 is 9.80 Å². The van der Waals surface area contributed by atoms with E-state index in [0.717, 1.165) is 57.7 Å². The second-order valence-electron chi connectivity index (χ2n) is 8.58. The Balaban J connectivity index is 1.41. The zero-order chi connectivity index (χ0) is 21.5. The van der Waals surface area contributed by atoms with Gasteiger partial charge in [0.25, 0.3) is 0 Å². The van der Waals surface area contributed by atoms with Gasteiger partial charge in [-0.3, -0.25) is 19.4 Å². The second-order valence-corrected chi connectivity index (χ2v) is 9.02. The molecule has 2 aliphatic rings. The molecule has 0 aliphatic carbocycles. The van der Waals surface area contributed by atoms with Crippen LogP contribution in [0.25, 0.3) is 0 Å². The Bertz CT molecular complexity index is 696. The first-order valence-electron chi connectivity index (χ1n) is 11.2. The number of carbonyl (C=O) groups excluding carboxylic acids is 2. The summed E-state index contributed by atoms with van der Waals surface area (Å²) in [7, 11) is 1.86. The van der Waals surface area contributed by atoms with Crippen LogP contribution in [0.2, 0.25) is 5.02 Å². The molecular formula is C23H35ClN4O2. The summed E-state index contributed by atoms with van der Waals surface area (Å²) in [6.07, 6.45) is 4.73. The molecule has 0 saturated carbocycles. The van der Waals surface area contributed by atoms with E-state index in [1.807, 2.05) is 43.1 Å². The summed E-state index contributed by atoms with van der Waals surface area (Å²) in [4.78, 5) is 33.6. The summed E-state index contributed by atoms with van der Waals surface area (Å²) in [6.45, 7) is 8.10. The molecule has 7 heteroatoms. The van der Waals surface area contributed by atoms with Crippen LogP contribution in [0, 0.1) is 0 Å². The highest BCUT2D eigenvalue weighted by Crippen LogP contribution is 2.21. The number of halogens is 1. The van der Waals surface area contributed by atoms with Crippen molar-refractivity contribution in [2.75, 3.05) is 59.4 Å². The molecule has 1 atom stereocenters. The van der Waals surface area contributed by atoms with Gasteiger partial charge in [-0.1, -0.05) is 36.6 Å². The number of benzene rings is 1. The van der Waals surface area contributed by atoms with Crippen LogP contribution < -0.4 is 0 Å². The van der Waals surface area contributed by atoms with Crippen molar-refractivity contribution in [2.24, 2.45) is 0 Å². The normalized spacial score (nSPS) is 19.9. The molecule has 0 bridgehead atoms. The fourth-order valence-corrected chi connectivity index (χ4v) is 4.33. The topological polar surface area (TPSA) is 47.1 Å². The molecule has 2 fully saturated rings. The monoisotopic (exact) mass is 434 g/mol. The van der Waals surface area contributed by atoms with Gasteiger partial charge in [-0.25, -0.2) is 0 Å². The molecule has 166 valence electrons. The first-order valence-corrected chi connectivity index (χ1v) is 11.6. The number of piperazine rings is 1. The van der Waals surface area contributed by atoms with E-state index in [1.165, 1.54) is 12.8 Å². The van der Waals surface area contributed by atoms with Crippen LogP contribution in [0.4, 0.5) is 0 Å². The van der Waals surface area contributed by atoms with Crippen LogP contribution in [0.15, 0.2) is 24.3 Å². The number of likely N-dealkylation sites (tertiary alicyclic amines) is 1. The highest BCUT2D eigenvalue weighted by molar-refractivity contribution is 6.30. The van der Waals surface area contributed by atoms with E-state index >= 15 is 0 Å². The van der Waals surface area contributed by atoms with Crippen molar-refractivity contribution in [3.8, 4) is 0 Å². The summed E-state index contributed by atoms with van der Waals surface area (Å²) in [5, 5.41) is 0.701. The summed E-state index contributed by atoms with van der Waals surface area (Å²) < 4.78 is 0. The zero-order valence-electron chi connectivity index (χ0n) is 18.4. The third-order valence-corrected chi connectivity index (χ3v) is 6.72. The van der Waals surface area contributed by atoms with E-state index in [-0.39, 0.29) is 17.9 Å². The first-order chi connectivity index (χ1) is 14.4. The van der Waals surface area contributed by atoms with Gasteiger partial charge in [0.1, 0.15) is 0 Å². The maximum Gasteiger partial charge on any atom is 0.236 e. The molecule has 1 unspecified atom stereocenters. The van der Waals surface area contributed by atoms with Crippen molar-refractivity contribution >= 4 is 23.4 Å². The minimum Gasteiger partial charge on any atom is -0.342 e.